The smallest absolute Gasteiger partial charge is 0.261 e. The van der Waals surface area contributed by atoms with Gasteiger partial charge < -0.3 is 9.47 Å². The van der Waals surface area contributed by atoms with Crippen LogP contribution >= 0.6 is 23.2 Å². The zero-order chi connectivity index (χ0) is 36.9. The molecule has 0 heterocycles. The van der Waals surface area contributed by atoms with Crippen molar-refractivity contribution >= 4 is 54.2 Å². The van der Waals surface area contributed by atoms with E-state index >= 15 is 0 Å². The Bertz CT molecular complexity index is 2300. The summed E-state index contributed by atoms with van der Waals surface area (Å²) in [7, 11) is -3.54. The van der Waals surface area contributed by atoms with Crippen LogP contribution in [-0.4, -0.2) is 37.3 Å². The van der Waals surface area contributed by atoms with Crippen LogP contribution in [0, 0.1) is 10.8 Å². The molecular weight excluding hydrogens is 737 g/mol. The average Bonchev–Trinajstić information content (AvgIpc) is 3.95. The topological polar surface area (TPSA) is 98.8 Å². The number of halogens is 2. The number of hydrogen-bond acceptors (Lipinski definition) is 6. The van der Waals surface area contributed by atoms with Gasteiger partial charge >= 0.3 is 0 Å². The summed E-state index contributed by atoms with van der Waals surface area (Å²) in [6.07, 6.45) is 10.7. The van der Waals surface area contributed by atoms with Gasteiger partial charge in [-0.25, -0.2) is 16.8 Å². The fraction of sp³-hybridized carbons (Fsp3) is 0.317. The van der Waals surface area contributed by atoms with Crippen LogP contribution in [-0.2, 0) is 19.9 Å². The minimum Gasteiger partial charge on any atom is -0.495 e. The standard InChI is InChI=1S/C21H21ClO3S.C20H20ClNO3S/c1-25-20-8-5-15(11-19(20)22)18-13-21(18)10-9-16(12-21)14-3-6-17(7-4-14)26(2,23)24;1-25-19-8-7-14(11-17(19)21)16-12-20(9-10-20)13-18(16)22-26(23,24)15-5-3-2-4-6-15/h3-9,11,18H,10,12-13H2,1-2H3;2-8,11,22H,9-10,12-13H2,1H3. The van der Waals surface area contributed by atoms with Crippen LogP contribution in [0.2, 0.25) is 10.0 Å². The van der Waals surface area contributed by atoms with Crippen molar-refractivity contribution in [3.8, 4) is 11.5 Å². The van der Waals surface area contributed by atoms with E-state index in [1.54, 1.807) is 56.7 Å². The van der Waals surface area contributed by atoms with Crippen LogP contribution in [0.5, 0.6) is 11.5 Å². The maximum Gasteiger partial charge on any atom is 0.261 e. The highest BCUT2D eigenvalue weighted by Gasteiger charge is 2.56. The lowest BCUT2D eigenvalue weighted by atomic mass is 9.93. The molecular formula is C41H41Cl2NO6S2. The van der Waals surface area contributed by atoms with Gasteiger partial charge in [-0.2, -0.15) is 0 Å². The van der Waals surface area contributed by atoms with E-state index < -0.39 is 19.9 Å². The molecule has 2 spiro atoms. The molecule has 8 rings (SSSR count). The van der Waals surface area contributed by atoms with Gasteiger partial charge in [0.2, 0.25) is 0 Å². The van der Waals surface area contributed by atoms with E-state index in [1.807, 2.05) is 42.5 Å². The third-order valence-electron chi connectivity index (χ3n) is 11.0. The van der Waals surface area contributed by atoms with Crippen molar-refractivity contribution in [2.75, 3.05) is 20.5 Å². The highest BCUT2D eigenvalue weighted by atomic mass is 35.5. The molecule has 0 bridgehead atoms. The molecule has 0 saturated heterocycles. The molecule has 7 nitrogen and oxygen atoms in total. The van der Waals surface area contributed by atoms with E-state index in [9.17, 15) is 16.8 Å². The molecule has 2 saturated carbocycles. The van der Waals surface area contributed by atoms with Gasteiger partial charge in [0.25, 0.3) is 10.0 Å². The van der Waals surface area contributed by atoms with Crippen LogP contribution in [0.4, 0.5) is 0 Å². The largest absolute Gasteiger partial charge is 0.495 e. The number of benzene rings is 4. The van der Waals surface area contributed by atoms with Crippen LogP contribution in [0.15, 0.2) is 113 Å². The Balaban J connectivity index is 0.000000162. The number of ether oxygens (including phenoxy) is 2. The van der Waals surface area contributed by atoms with Crippen molar-refractivity contribution in [1.82, 2.24) is 4.72 Å². The molecule has 2 unspecified atom stereocenters. The molecule has 0 aromatic heterocycles. The lowest BCUT2D eigenvalue weighted by Gasteiger charge is -2.13. The number of methoxy groups -OCH3 is 2. The Hall–Kier alpha value is -3.76. The summed E-state index contributed by atoms with van der Waals surface area (Å²) in [5.41, 5.74) is 6.99. The Morgan fingerprint density at radius 2 is 1.37 bits per heavy atom. The van der Waals surface area contributed by atoms with E-state index in [0.29, 0.717) is 37.8 Å². The van der Waals surface area contributed by atoms with Crippen molar-refractivity contribution in [3.63, 3.8) is 0 Å². The van der Waals surface area contributed by atoms with Crippen molar-refractivity contribution in [2.24, 2.45) is 10.8 Å². The van der Waals surface area contributed by atoms with Gasteiger partial charge in [0, 0.05) is 12.0 Å². The van der Waals surface area contributed by atoms with Crippen LogP contribution in [0.25, 0.3) is 11.1 Å². The summed E-state index contributed by atoms with van der Waals surface area (Å²) in [6, 6.07) is 27.4. The second kappa shape index (κ2) is 13.9. The van der Waals surface area contributed by atoms with Crippen molar-refractivity contribution in [3.05, 3.63) is 130 Å². The SMILES string of the molecule is COc1ccc(C2=C(NS(=O)(=O)c3ccccc3)CC3(CC3)C2)cc1Cl.COc1ccc(C2CC23CC=C(c2ccc(S(C)(=O)=O)cc2)C3)cc1Cl. The molecule has 1 N–H and O–H groups in total. The second-order valence-electron chi connectivity index (χ2n) is 14.5. The van der Waals surface area contributed by atoms with Gasteiger partial charge in [0.15, 0.2) is 9.84 Å². The summed E-state index contributed by atoms with van der Waals surface area (Å²) in [5, 5.41) is 1.19. The van der Waals surface area contributed by atoms with E-state index in [4.69, 9.17) is 32.7 Å². The fourth-order valence-corrected chi connectivity index (χ4v) is 10.0. The number of nitrogens with one attached hydrogen (secondary N) is 1. The van der Waals surface area contributed by atoms with Gasteiger partial charge in [-0.1, -0.05) is 71.7 Å². The predicted molar refractivity (Wildman–Crippen MR) is 207 cm³/mol. The molecule has 0 aliphatic heterocycles. The molecule has 0 radical (unpaired) electrons. The first-order valence-corrected chi connectivity index (χ1v) is 21.3. The number of sulfonamides is 1. The molecule has 2 fully saturated rings. The minimum absolute atomic E-state index is 0.219. The molecule has 2 atom stereocenters. The fourth-order valence-electron chi connectivity index (χ4n) is 7.73. The molecule has 4 aromatic carbocycles. The van der Waals surface area contributed by atoms with Crippen LogP contribution in [0.3, 0.4) is 0 Å². The summed E-state index contributed by atoms with van der Waals surface area (Å²) in [6.45, 7) is 0. The quantitative estimate of drug-likeness (QED) is 0.182. The van der Waals surface area contributed by atoms with E-state index in [-0.39, 0.29) is 10.3 Å². The molecule has 4 aliphatic rings. The predicted octanol–water partition coefficient (Wildman–Crippen LogP) is 9.72. The zero-order valence-electron chi connectivity index (χ0n) is 29.3. The first-order valence-electron chi connectivity index (χ1n) is 17.2. The van der Waals surface area contributed by atoms with Crippen molar-refractivity contribution in [1.29, 1.82) is 0 Å². The maximum absolute atomic E-state index is 12.8. The van der Waals surface area contributed by atoms with Gasteiger partial charge in [-0.15, -0.1) is 0 Å². The summed E-state index contributed by atoms with van der Waals surface area (Å²) >= 11 is 12.6. The Labute approximate surface area is 316 Å². The normalized spacial score (nSPS) is 21.4. The molecule has 4 aliphatic carbocycles. The summed E-state index contributed by atoms with van der Waals surface area (Å²) in [5.74, 6) is 1.85. The van der Waals surface area contributed by atoms with Crippen molar-refractivity contribution in [2.45, 2.75) is 60.7 Å². The van der Waals surface area contributed by atoms with Gasteiger partial charge in [0.1, 0.15) is 11.5 Å². The Morgan fingerprint density at radius 3 is 1.96 bits per heavy atom. The number of sulfone groups is 1. The monoisotopic (exact) mass is 777 g/mol. The summed E-state index contributed by atoms with van der Waals surface area (Å²) in [4.78, 5) is 0.642. The Morgan fingerprint density at radius 1 is 0.731 bits per heavy atom. The van der Waals surface area contributed by atoms with E-state index in [2.05, 4.69) is 16.9 Å². The van der Waals surface area contributed by atoms with Gasteiger partial charge in [-0.3, -0.25) is 4.72 Å². The highest BCUT2D eigenvalue weighted by molar-refractivity contribution is 7.90. The van der Waals surface area contributed by atoms with E-state index in [1.165, 1.54) is 17.4 Å². The number of allylic oxidation sites excluding steroid dienone is 4. The number of rotatable bonds is 9. The zero-order valence-corrected chi connectivity index (χ0v) is 32.4. The lowest BCUT2D eigenvalue weighted by Crippen LogP contribution is -2.23. The van der Waals surface area contributed by atoms with E-state index in [0.717, 1.165) is 67.3 Å². The molecule has 11 heteroatoms. The molecule has 0 amide bonds. The molecule has 272 valence electrons. The summed E-state index contributed by atoms with van der Waals surface area (Å²) < 4.78 is 62.1. The third kappa shape index (κ3) is 7.51. The molecule has 4 aromatic rings. The first kappa shape index (κ1) is 36.6. The Kier molecular flexibility index (Phi) is 9.78. The van der Waals surface area contributed by atoms with Gasteiger partial charge in [-0.05, 0) is 138 Å². The first-order chi connectivity index (χ1) is 24.7. The average molecular weight is 779 g/mol. The maximum atomic E-state index is 12.8. The highest BCUT2D eigenvalue weighted by Crippen LogP contribution is 2.68. The lowest BCUT2D eigenvalue weighted by molar-refractivity contribution is 0.414. The minimum atomic E-state index is -3.60. The van der Waals surface area contributed by atoms with Gasteiger partial charge in [0.05, 0.1) is 34.1 Å². The molecule has 52 heavy (non-hydrogen) atoms. The van der Waals surface area contributed by atoms with Crippen LogP contribution in [0.1, 0.15) is 67.6 Å². The van der Waals surface area contributed by atoms with Crippen LogP contribution < -0.4 is 14.2 Å². The second-order valence-corrected chi connectivity index (χ2v) is 19.0. The van der Waals surface area contributed by atoms with Crippen molar-refractivity contribution < 1.29 is 26.3 Å². The number of hydrogen-bond donors (Lipinski definition) is 1. The third-order valence-corrected chi connectivity index (χ3v) is 14.1.